The minimum atomic E-state index is -1.04. The van der Waals surface area contributed by atoms with E-state index >= 15 is 0 Å². The van der Waals surface area contributed by atoms with Crippen molar-refractivity contribution in [2.24, 2.45) is 0 Å². The van der Waals surface area contributed by atoms with Crippen LogP contribution in [0.2, 0.25) is 0 Å². The quantitative estimate of drug-likeness (QED) is 0.467. The molecule has 1 fully saturated rings. The van der Waals surface area contributed by atoms with Gasteiger partial charge in [0.1, 0.15) is 6.04 Å². The van der Waals surface area contributed by atoms with Crippen molar-refractivity contribution in [3.8, 4) is 0 Å². The molecule has 86 valence electrons. The van der Waals surface area contributed by atoms with Crippen molar-refractivity contribution >= 4 is 11.9 Å². The summed E-state index contributed by atoms with van der Waals surface area (Å²) in [6.45, 7) is 2.07. The first-order valence-corrected chi connectivity index (χ1v) is 4.99. The predicted octanol–water partition coefficient (Wildman–Crippen LogP) is -1.31. The van der Waals surface area contributed by atoms with E-state index in [0.29, 0.717) is 19.4 Å². The summed E-state index contributed by atoms with van der Waals surface area (Å²) >= 11 is 0. The first kappa shape index (κ1) is 11.9. The van der Waals surface area contributed by atoms with E-state index in [0.717, 1.165) is 0 Å². The monoisotopic (exact) mass is 216 g/mol. The summed E-state index contributed by atoms with van der Waals surface area (Å²) in [6, 6.07) is -1.33. The lowest BCUT2D eigenvalue weighted by Crippen LogP contribution is -2.47. The second kappa shape index (κ2) is 5.09. The number of carboxylic acids is 1. The average molecular weight is 216 g/mol. The summed E-state index contributed by atoms with van der Waals surface area (Å²) in [4.78, 5) is 22.2. The summed E-state index contributed by atoms with van der Waals surface area (Å²) in [6.07, 6.45) is 0.156. The molecule has 0 radical (unpaired) electrons. The van der Waals surface area contributed by atoms with Gasteiger partial charge in [0.2, 0.25) is 5.91 Å². The van der Waals surface area contributed by atoms with Crippen LogP contribution in [-0.4, -0.2) is 46.8 Å². The minimum absolute atomic E-state index is 0.335. The van der Waals surface area contributed by atoms with Gasteiger partial charge in [-0.2, -0.15) is 0 Å². The topological polar surface area (TPSA) is 98.7 Å². The first-order valence-electron chi connectivity index (χ1n) is 4.99. The van der Waals surface area contributed by atoms with Crippen molar-refractivity contribution in [3.63, 3.8) is 0 Å². The normalized spacial score (nSPS) is 27.3. The van der Waals surface area contributed by atoms with Crippen LogP contribution in [0.1, 0.15) is 19.8 Å². The SMILES string of the molecule is CC[C@@H](NC(=O)[C@@H]1C[C@@H](O)CN1)C(=O)O. The maximum Gasteiger partial charge on any atom is 0.326 e. The van der Waals surface area contributed by atoms with Crippen LogP contribution in [0.4, 0.5) is 0 Å². The molecule has 1 aliphatic heterocycles. The molecule has 1 aliphatic rings. The van der Waals surface area contributed by atoms with E-state index in [1.54, 1.807) is 6.92 Å². The zero-order chi connectivity index (χ0) is 11.4. The Bertz CT molecular complexity index is 256. The van der Waals surface area contributed by atoms with E-state index in [-0.39, 0.29) is 5.91 Å². The number of hydrogen-bond donors (Lipinski definition) is 4. The molecule has 0 aromatic rings. The van der Waals surface area contributed by atoms with Gasteiger partial charge in [-0.15, -0.1) is 0 Å². The van der Waals surface area contributed by atoms with Crippen molar-refractivity contribution < 1.29 is 19.8 Å². The fraction of sp³-hybridized carbons (Fsp3) is 0.778. The molecule has 1 saturated heterocycles. The summed E-state index contributed by atoms with van der Waals surface area (Å²) in [5.41, 5.74) is 0. The molecule has 3 atom stereocenters. The minimum Gasteiger partial charge on any atom is -0.480 e. The molecular formula is C9H16N2O4. The summed E-state index contributed by atoms with van der Waals surface area (Å²) in [5.74, 6) is -1.40. The average Bonchev–Trinajstić information content (AvgIpc) is 2.60. The molecule has 6 nitrogen and oxygen atoms in total. The Kier molecular flexibility index (Phi) is 4.05. The van der Waals surface area contributed by atoms with Gasteiger partial charge in [0.15, 0.2) is 0 Å². The van der Waals surface area contributed by atoms with Crippen LogP contribution >= 0.6 is 0 Å². The molecule has 0 aromatic carbocycles. The first-order chi connectivity index (χ1) is 7.04. The highest BCUT2D eigenvalue weighted by atomic mass is 16.4. The molecule has 0 unspecified atom stereocenters. The number of aliphatic hydroxyl groups excluding tert-OH is 1. The van der Waals surface area contributed by atoms with E-state index < -0.39 is 24.2 Å². The van der Waals surface area contributed by atoms with Gasteiger partial charge in [0.25, 0.3) is 0 Å². The summed E-state index contributed by atoms with van der Waals surface area (Å²) < 4.78 is 0. The Hall–Kier alpha value is -1.14. The number of hydrogen-bond acceptors (Lipinski definition) is 4. The van der Waals surface area contributed by atoms with Gasteiger partial charge in [-0.05, 0) is 12.8 Å². The Morgan fingerprint density at radius 3 is 2.67 bits per heavy atom. The van der Waals surface area contributed by atoms with Crippen LogP contribution in [0.3, 0.4) is 0 Å². The van der Waals surface area contributed by atoms with Crippen LogP contribution in [-0.2, 0) is 9.59 Å². The molecule has 15 heavy (non-hydrogen) atoms. The molecule has 6 heteroatoms. The van der Waals surface area contributed by atoms with Crippen molar-refractivity contribution in [2.45, 2.75) is 38.0 Å². The van der Waals surface area contributed by atoms with Gasteiger partial charge in [-0.25, -0.2) is 4.79 Å². The van der Waals surface area contributed by atoms with E-state index in [9.17, 15) is 14.7 Å². The molecule has 0 aliphatic carbocycles. The van der Waals surface area contributed by atoms with Crippen molar-refractivity contribution in [1.29, 1.82) is 0 Å². The number of carboxylic acid groups (broad SMARTS) is 1. The van der Waals surface area contributed by atoms with Crippen molar-refractivity contribution in [3.05, 3.63) is 0 Å². The third-order valence-electron chi connectivity index (χ3n) is 2.45. The zero-order valence-electron chi connectivity index (χ0n) is 8.56. The Balaban J connectivity index is 2.44. The molecule has 1 amide bonds. The lowest BCUT2D eigenvalue weighted by molar-refractivity contribution is -0.142. The second-order valence-corrected chi connectivity index (χ2v) is 3.66. The Morgan fingerprint density at radius 2 is 2.27 bits per heavy atom. The third kappa shape index (κ3) is 3.17. The molecule has 0 saturated carbocycles. The molecule has 0 spiro atoms. The van der Waals surface area contributed by atoms with Crippen LogP contribution in [0, 0.1) is 0 Å². The van der Waals surface area contributed by atoms with Crippen LogP contribution < -0.4 is 10.6 Å². The second-order valence-electron chi connectivity index (χ2n) is 3.66. The fourth-order valence-electron chi connectivity index (χ4n) is 1.53. The Morgan fingerprint density at radius 1 is 1.60 bits per heavy atom. The lowest BCUT2D eigenvalue weighted by Gasteiger charge is -2.15. The highest BCUT2D eigenvalue weighted by Crippen LogP contribution is 2.06. The van der Waals surface area contributed by atoms with Gasteiger partial charge in [-0.1, -0.05) is 6.92 Å². The van der Waals surface area contributed by atoms with Crippen LogP contribution in [0.5, 0.6) is 0 Å². The van der Waals surface area contributed by atoms with E-state index in [1.807, 2.05) is 0 Å². The molecule has 1 rings (SSSR count). The highest BCUT2D eigenvalue weighted by molar-refractivity contribution is 5.87. The molecule has 4 N–H and O–H groups in total. The van der Waals surface area contributed by atoms with Crippen molar-refractivity contribution in [1.82, 2.24) is 10.6 Å². The van der Waals surface area contributed by atoms with Gasteiger partial charge < -0.3 is 20.8 Å². The number of amides is 1. The van der Waals surface area contributed by atoms with Gasteiger partial charge in [-0.3, -0.25) is 4.79 Å². The highest BCUT2D eigenvalue weighted by Gasteiger charge is 2.30. The number of aliphatic hydroxyl groups is 1. The van der Waals surface area contributed by atoms with E-state index in [1.165, 1.54) is 0 Å². The van der Waals surface area contributed by atoms with Crippen molar-refractivity contribution in [2.75, 3.05) is 6.54 Å². The number of carbonyl (C=O) groups excluding carboxylic acids is 1. The predicted molar refractivity (Wildman–Crippen MR) is 52.3 cm³/mol. The number of nitrogens with one attached hydrogen (secondary N) is 2. The fourth-order valence-corrected chi connectivity index (χ4v) is 1.53. The molecule has 0 bridgehead atoms. The summed E-state index contributed by atoms with van der Waals surface area (Å²) in [5, 5.41) is 23.2. The smallest absolute Gasteiger partial charge is 0.326 e. The van der Waals surface area contributed by atoms with Gasteiger partial charge in [0, 0.05) is 6.54 Å². The maximum atomic E-state index is 11.5. The zero-order valence-corrected chi connectivity index (χ0v) is 8.56. The maximum absolute atomic E-state index is 11.5. The Labute approximate surface area is 87.7 Å². The van der Waals surface area contributed by atoms with Gasteiger partial charge >= 0.3 is 5.97 Å². The molecule has 1 heterocycles. The van der Waals surface area contributed by atoms with Crippen LogP contribution in [0.25, 0.3) is 0 Å². The standard InChI is InChI=1S/C9H16N2O4/c1-2-6(9(14)15)11-8(13)7-3-5(12)4-10-7/h5-7,10,12H,2-4H2,1H3,(H,11,13)(H,14,15)/t5-,6-,7+/m1/s1. The number of aliphatic carboxylic acids is 1. The molecule has 0 aromatic heterocycles. The van der Waals surface area contributed by atoms with Crippen LogP contribution in [0.15, 0.2) is 0 Å². The third-order valence-corrected chi connectivity index (χ3v) is 2.45. The van der Waals surface area contributed by atoms with E-state index in [2.05, 4.69) is 10.6 Å². The summed E-state index contributed by atoms with van der Waals surface area (Å²) in [7, 11) is 0. The van der Waals surface area contributed by atoms with Gasteiger partial charge in [0.05, 0.1) is 12.1 Å². The van der Waals surface area contributed by atoms with E-state index in [4.69, 9.17) is 5.11 Å². The number of carbonyl (C=O) groups is 2. The number of β-amino-alcohol motifs (C(OH)–C–C–N with tert-alkyl or cyclic N) is 1. The largest absolute Gasteiger partial charge is 0.480 e. The number of rotatable bonds is 4. The molecular weight excluding hydrogens is 200 g/mol. The lowest BCUT2D eigenvalue weighted by atomic mass is 10.1.